The average Bonchev–Trinajstić information content (AvgIpc) is 2.78. The molecule has 5 unspecified atom stereocenters. The Bertz CT molecular complexity index is 857. The fraction of sp³-hybridized carbons (Fsp3) is 0.417. The number of carbonyl (C=O) groups excluding carboxylic acids is 2. The second-order valence-corrected chi connectivity index (χ2v) is 7.43. The summed E-state index contributed by atoms with van der Waals surface area (Å²) in [6.45, 7) is 2.48. The van der Waals surface area contributed by atoms with Crippen LogP contribution in [0.3, 0.4) is 0 Å². The Morgan fingerprint density at radius 2 is 1.28 bits per heavy atom. The molecule has 2 aromatic rings. The van der Waals surface area contributed by atoms with Gasteiger partial charge in [0, 0.05) is 13.8 Å². The van der Waals surface area contributed by atoms with Crippen molar-refractivity contribution in [2.24, 2.45) is 0 Å². The lowest BCUT2D eigenvalue weighted by Gasteiger charge is -2.44. The Labute approximate surface area is 187 Å². The van der Waals surface area contributed by atoms with E-state index in [4.69, 9.17) is 23.7 Å². The van der Waals surface area contributed by atoms with Crippen LogP contribution in [0.4, 0.5) is 0 Å². The summed E-state index contributed by atoms with van der Waals surface area (Å²) >= 11 is 0. The molecule has 172 valence electrons. The highest BCUT2D eigenvalue weighted by Gasteiger charge is 2.50. The number of carbonyl (C=O) groups is 2. The molecule has 0 bridgehead atoms. The molecule has 2 aromatic carbocycles. The Hall–Kier alpha value is -2.78. The molecule has 0 amide bonds. The van der Waals surface area contributed by atoms with Crippen molar-refractivity contribution in [1.29, 1.82) is 0 Å². The van der Waals surface area contributed by atoms with Crippen LogP contribution in [0.5, 0.6) is 0 Å². The van der Waals surface area contributed by atoms with Crippen LogP contribution in [-0.2, 0) is 46.5 Å². The van der Waals surface area contributed by atoms with Gasteiger partial charge < -0.3 is 28.8 Å². The topological polar surface area (TPSA) is 101 Å². The van der Waals surface area contributed by atoms with E-state index in [1.54, 1.807) is 0 Å². The maximum absolute atomic E-state index is 11.8. The third-order valence-electron chi connectivity index (χ3n) is 4.93. The van der Waals surface area contributed by atoms with Crippen molar-refractivity contribution in [3.05, 3.63) is 71.8 Å². The van der Waals surface area contributed by atoms with E-state index in [0.29, 0.717) is 0 Å². The number of aliphatic hydroxyl groups is 1. The van der Waals surface area contributed by atoms with Gasteiger partial charge in [0.05, 0.1) is 19.8 Å². The van der Waals surface area contributed by atoms with Crippen LogP contribution in [0.25, 0.3) is 0 Å². The third kappa shape index (κ3) is 6.61. The summed E-state index contributed by atoms with van der Waals surface area (Å²) in [6.07, 6.45) is -4.84. The molecular formula is C24H28O8. The minimum absolute atomic E-state index is 0.194. The second-order valence-electron chi connectivity index (χ2n) is 7.43. The van der Waals surface area contributed by atoms with Crippen molar-refractivity contribution in [3.8, 4) is 0 Å². The van der Waals surface area contributed by atoms with Crippen molar-refractivity contribution < 1.29 is 38.4 Å². The Morgan fingerprint density at radius 1 is 0.781 bits per heavy atom. The number of ether oxygens (including phenoxy) is 5. The number of aliphatic hydroxyl groups excluding tert-OH is 1. The van der Waals surface area contributed by atoms with E-state index >= 15 is 0 Å². The molecule has 3 rings (SSSR count). The summed E-state index contributed by atoms with van der Waals surface area (Å²) in [7, 11) is 0. The highest BCUT2D eigenvalue weighted by Crippen LogP contribution is 2.30. The van der Waals surface area contributed by atoms with Crippen LogP contribution in [0.1, 0.15) is 25.0 Å². The van der Waals surface area contributed by atoms with E-state index in [0.717, 1.165) is 11.1 Å². The summed E-state index contributed by atoms with van der Waals surface area (Å²) in [6, 6.07) is 18.9. The van der Waals surface area contributed by atoms with Crippen LogP contribution in [0, 0.1) is 0 Å². The monoisotopic (exact) mass is 444 g/mol. The Balaban J connectivity index is 1.87. The van der Waals surface area contributed by atoms with Gasteiger partial charge in [-0.05, 0) is 11.1 Å². The van der Waals surface area contributed by atoms with Gasteiger partial charge in [0.25, 0.3) is 0 Å². The highest BCUT2D eigenvalue weighted by molar-refractivity contribution is 5.67. The molecule has 1 aliphatic rings. The molecule has 8 nitrogen and oxygen atoms in total. The molecule has 0 spiro atoms. The lowest BCUT2D eigenvalue weighted by molar-refractivity contribution is -0.311. The molecule has 0 aliphatic carbocycles. The zero-order valence-electron chi connectivity index (χ0n) is 18.1. The molecule has 0 radical (unpaired) electrons. The molecule has 32 heavy (non-hydrogen) atoms. The first kappa shape index (κ1) is 23.9. The van der Waals surface area contributed by atoms with Crippen molar-refractivity contribution in [1.82, 2.24) is 0 Å². The van der Waals surface area contributed by atoms with Gasteiger partial charge in [-0.15, -0.1) is 0 Å². The minimum atomic E-state index is -1.24. The number of esters is 2. The predicted molar refractivity (Wildman–Crippen MR) is 113 cm³/mol. The first-order chi connectivity index (χ1) is 15.5. The third-order valence-corrected chi connectivity index (χ3v) is 4.93. The van der Waals surface area contributed by atoms with Gasteiger partial charge in [-0.3, -0.25) is 9.59 Å². The number of benzene rings is 2. The maximum Gasteiger partial charge on any atom is 0.305 e. The van der Waals surface area contributed by atoms with Gasteiger partial charge in [0.15, 0.2) is 6.10 Å². The smallest absolute Gasteiger partial charge is 0.305 e. The summed E-state index contributed by atoms with van der Waals surface area (Å²) in [5.74, 6) is -1.21. The summed E-state index contributed by atoms with van der Waals surface area (Å²) < 4.78 is 28.7. The number of hydrogen-bond donors (Lipinski definition) is 1. The lowest BCUT2D eigenvalue weighted by Crippen LogP contribution is -2.62. The summed E-state index contributed by atoms with van der Waals surface area (Å²) in [4.78, 5) is 23.5. The van der Waals surface area contributed by atoms with E-state index in [-0.39, 0.29) is 13.2 Å². The van der Waals surface area contributed by atoms with Gasteiger partial charge in [0.2, 0.25) is 6.29 Å². The van der Waals surface area contributed by atoms with E-state index in [1.807, 2.05) is 60.7 Å². The van der Waals surface area contributed by atoms with Crippen molar-refractivity contribution in [2.45, 2.75) is 57.8 Å². The molecule has 1 heterocycles. The number of rotatable bonds is 9. The molecular weight excluding hydrogens is 416 g/mol. The highest BCUT2D eigenvalue weighted by atomic mass is 16.7. The van der Waals surface area contributed by atoms with Crippen molar-refractivity contribution in [3.63, 3.8) is 0 Å². The molecule has 0 aromatic heterocycles. The lowest BCUT2D eigenvalue weighted by atomic mass is 9.98. The quantitative estimate of drug-likeness (QED) is 0.589. The molecule has 1 fully saturated rings. The molecule has 5 atom stereocenters. The van der Waals surface area contributed by atoms with E-state index in [1.165, 1.54) is 13.8 Å². The van der Waals surface area contributed by atoms with Gasteiger partial charge >= 0.3 is 11.9 Å². The van der Waals surface area contributed by atoms with E-state index in [9.17, 15) is 14.7 Å². The fourth-order valence-corrected chi connectivity index (χ4v) is 3.53. The van der Waals surface area contributed by atoms with Crippen molar-refractivity contribution in [2.75, 3.05) is 6.61 Å². The Morgan fingerprint density at radius 3 is 1.75 bits per heavy atom. The normalized spacial score (nSPS) is 25.2. The van der Waals surface area contributed by atoms with E-state index in [2.05, 4.69) is 0 Å². The maximum atomic E-state index is 11.8. The summed E-state index contributed by atoms with van der Waals surface area (Å²) in [5.41, 5.74) is 1.81. The van der Waals surface area contributed by atoms with E-state index < -0.39 is 49.3 Å². The molecule has 0 saturated carbocycles. The first-order valence-electron chi connectivity index (χ1n) is 10.4. The predicted octanol–water partition coefficient (Wildman–Crippen LogP) is 2.37. The minimum Gasteiger partial charge on any atom is -0.453 e. The zero-order valence-corrected chi connectivity index (χ0v) is 18.1. The SMILES string of the molecule is CC(=O)OC1OC(CO)C(OCc2ccccc2)C(OCc2ccccc2)C1OC(C)=O. The largest absolute Gasteiger partial charge is 0.453 e. The Kier molecular flexibility index (Phi) is 8.75. The van der Waals surface area contributed by atoms with Crippen LogP contribution in [-0.4, -0.2) is 54.4 Å². The summed E-state index contributed by atoms with van der Waals surface area (Å²) in [5, 5.41) is 9.97. The van der Waals surface area contributed by atoms with Gasteiger partial charge in [-0.1, -0.05) is 60.7 Å². The molecule has 8 heteroatoms. The fourth-order valence-electron chi connectivity index (χ4n) is 3.53. The van der Waals surface area contributed by atoms with Gasteiger partial charge in [0.1, 0.15) is 18.3 Å². The van der Waals surface area contributed by atoms with Crippen LogP contribution < -0.4 is 0 Å². The van der Waals surface area contributed by atoms with Crippen LogP contribution in [0.15, 0.2) is 60.7 Å². The zero-order chi connectivity index (χ0) is 22.9. The van der Waals surface area contributed by atoms with Gasteiger partial charge in [-0.25, -0.2) is 0 Å². The average molecular weight is 444 g/mol. The molecule has 1 N–H and O–H groups in total. The van der Waals surface area contributed by atoms with Gasteiger partial charge in [-0.2, -0.15) is 0 Å². The van der Waals surface area contributed by atoms with Crippen LogP contribution in [0.2, 0.25) is 0 Å². The molecule has 1 saturated heterocycles. The van der Waals surface area contributed by atoms with Crippen molar-refractivity contribution >= 4 is 11.9 Å². The molecule has 1 aliphatic heterocycles. The standard InChI is InChI=1S/C24H28O8/c1-16(26)30-23-22(29-15-19-11-7-4-8-12-19)21(28-14-18-9-5-3-6-10-18)20(13-25)32-24(23)31-17(2)27/h3-12,20-25H,13-15H2,1-2H3. The first-order valence-corrected chi connectivity index (χ1v) is 10.4. The second kappa shape index (κ2) is 11.7. The van der Waals surface area contributed by atoms with Crippen LogP contribution >= 0.6 is 0 Å². The number of hydrogen-bond acceptors (Lipinski definition) is 8.